The first kappa shape index (κ1) is 20.8. The van der Waals surface area contributed by atoms with Crippen LogP contribution in [0.3, 0.4) is 0 Å². The van der Waals surface area contributed by atoms with Crippen molar-refractivity contribution in [1.29, 1.82) is 0 Å². The lowest BCUT2D eigenvalue weighted by atomic mass is 10.1. The van der Waals surface area contributed by atoms with Gasteiger partial charge in [0.05, 0.1) is 5.56 Å². The maximum atomic E-state index is 14.4. The summed E-state index contributed by atoms with van der Waals surface area (Å²) in [6.45, 7) is 9.27. The molecule has 0 saturated heterocycles. The smallest absolute Gasteiger partial charge is 0.250 e. The highest BCUT2D eigenvalue weighted by atomic mass is 19.1. The van der Waals surface area contributed by atoms with E-state index in [2.05, 4.69) is 30.7 Å². The first-order valence-electron chi connectivity index (χ1n) is 9.33. The number of benzene rings is 1. The van der Waals surface area contributed by atoms with E-state index in [-0.39, 0.29) is 17.2 Å². The van der Waals surface area contributed by atoms with Crippen LogP contribution in [0.25, 0.3) is 0 Å². The Kier molecular flexibility index (Phi) is 7.73. The van der Waals surface area contributed by atoms with Crippen molar-refractivity contribution < 1.29 is 13.9 Å². The van der Waals surface area contributed by atoms with Gasteiger partial charge in [0.1, 0.15) is 0 Å². The van der Waals surface area contributed by atoms with Crippen LogP contribution in [0, 0.1) is 11.7 Å². The first-order chi connectivity index (χ1) is 12.9. The van der Waals surface area contributed by atoms with Gasteiger partial charge in [-0.2, -0.15) is 0 Å². The molecule has 0 aliphatic carbocycles. The highest BCUT2D eigenvalue weighted by Gasteiger charge is 2.11. The molecule has 1 aromatic carbocycles. The Labute approximate surface area is 160 Å². The maximum Gasteiger partial charge on any atom is 0.250 e. The van der Waals surface area contributed by atoms with Crippen LogP contribution in [0.4, 0.5) is 4.39 Å². The van der Waals surface area contributed by atoms with Crippen molar-refractivity contribution in [2.24, 2.45) is 11.7 Å². The standard InChI is InChI=1S/C21H28FN3O2/c1-4-10-25(11-9-15(2)3)14-16-5-7-19(18(22)12-16)27-20-8-6-17(13-24-20)21(23)26/h5-8,12-13,15H,4,9-11,14H2,1-3H3,(H2,23,26). The van der Waals surface area contributed by atoms with E-state index in [9.17, 15) is 9.18 Å². The Hall–Kier alpha value is -2.47. The van der Waals surface area contributed by atoms with Gasteiger partial charge in [-0.05, 0) is 55.6 Å². The van der Waals surface area contributed by atoms with Crippen molar-refractivity contribution in [1.82, 2.24) is 9.88 Å². The molecule has 5 nitrogen and oxygen atoms in total. The zero-order chi connectivity index (χ0) is 19.8. The summed E-state index contributed by atoms with van der Waals surface area (Å²) < 4.78 is 19.9. The second kappa shape index (κ2) is 10.0. The van der Waals surface area contributed by atoms with Crippen LogP contribution in [-0.2, 0) is 6.54 Å². The quantitative estimate of drug-likeness (QED) is 0.671. The van der Waals surface area contributed by atoms with E-state index in [0.717, 1.165) is 31.5 Å². The number of hydrogen-bond acceptors (Lipinski definition) is 4. The van der Waals surface area contributed by atoms with Gasteiger partial charge in [0.2, 0.25) is 11.8 Å². The third kappa shape index (κ3) is 6.64. The van der Waals surface area contributed by atoms with Gasteiger partial charge in [-0.3, -0.25) is 9.69 Å². The molecule has 2 aromatic rings. The fourth-order valence-electron chi connectivity index (χ4n) is 2.71. The summed E-state index contributed by atoms with van der Waals surface area (Å²) in [5.74, 6) is -0.0592. The Morgan fingerprint density at radius 2 is 2.04 bits per heavy atom. The zero-order valence-electron chi connectivity index (χ0n) is 16.2. The van der Waals surface area contributed by atoms with Crippen molar-refractivity contribution in [2.45, 2.75) is 40.2 Å². The fourth-order valence-corrected chi connectivity index (χ4v) is 2.71. The van der Waals surface area contributed by atoms with Crippen molar-refractivity contribution in [2.75, 3.05) is 13.1 Å². The molecular weight excluding hydrogens is 345 g/mol. The van der Waals surface area contributed by atoms with Crippen LogP contribution in [0.1, 0.15) is 49.5 Å². The van der Waals surface area contributed by atoms with E-state index in [1.165, 1.54) is 24.4 Å². The molecule has 1 heterocycles. The molecule has 1 aromatic heterocycles. The van der Waals surface area contributed by atoms with E-state index in [4.69, 9.17) is 10.5 Å². The molecule has 0 fully saturated rings. The van der Waals surface area contributed by atoms with Gasteiger partial charge >= 0.3 is 0 Å². The van der Waals surface area contributed by atoms with E-state index in [0.29, 0.717) is 12.5 Å². The van der Waals surface area contributed by atoms with Gasteiger partial charge in [0.15, 0.2) is 11.6 Å². The number of primary amides is 1. The van der Waals surface area contributed by atoms with Gasteiger partial charge in [-0.15, -0.1) is 0 Å². The number of nitrogens with two attached hydrogens (primary N) is 1. The van der Waals surface area contributed by atoms with E-state index >= 15 is 0 Å². The molecule has 0 atom stereocenters. The molecule has 6 heteroatoms. The fraction of sp³-hybridized carbons (Fsp3) is 0.429. The van der Waals surface area contributed by atoms with Gasteiger partial charge in [-0.25, -0.2) is 9.37 Å². The first-order valence-corrected chi connectivity index (χ1v) is 9.33. The molecule has 0 unspecified atom stereocenters. The van der Waals surface area contributed by atoms with Gasteiger partial charge in [0, 0.05) is 18.8 Å². The molecule has 2 N–H and O–H groups in total. The topological polar surface area (TPSA) is 68.5 Å². The number of rotatable bonds is 10. The number of pyridine rings is 1. The van der Waals surface area contributed by atoms with E-state index in [1.807, 2.05) is 6.07 Å². The van der Waals surface area contributed by atoms with Crippen LogP contribution < -0.4 is 10.5 Å². The second-order valence-electron chi connectivity index (χ2n) is 7.07. The molecule has 0 bridgehead atoms. The summed E-state index contributed by atoms with van der Waals surface area (Å²) >= 11 is 0. The van der Waals surface area contributed by atoms with Crippen molar-refractivity contribution in [3.8, 4) is 11.6 Å². The highest BCUT2D eigenvalue weighted by molar-refractivity contribution is 5.92. The summed E-state index contributed by atoms with van der Waals surface area (Å²) in [7, 11) is 0. The van der Waals surface area contributed by atoms with Gasteiger partial charge in [0.25, 0.3) is 0 Å². The molecule has 1 amide bonds. The van der Waals surface area contributed by atoms with Crippen LogP contribution >= 0.6 is 0 Å². The summed E-state index contributed by atoms with van der Waals surface area (Å²) in [5, 5.41) is 0. The monoisotopic (exact) mass is 373 g/mol. The maximum absolute atomic E-state index is 14.4. The lowest BCUT2D eigenvalue weighted by Crippen LogP contribution is -2.26. The van der Waals surface area contributed by atoms with Gasteiger partial charge < -0.3 is 10.5 Å². The largest absolute Gasteiger partial charge is 0.436 e. The number of hydrogen-bond donors (Lipinski definition) is 1. The summed E-state index contributed by atoms with van der Waals surface area (Å²) in [6.07, 6.45) is 3.49. The lowest BCUT2D eigenvalue weighted by Gasteiger charge is -2.23. The normalized spacial score (nSPS) is 11.2. The number of ether oxygens (including phenoxy) is 1. The average molecular weight is 373 g/mol. The van der Waals surface area contributed by atoms with Gasteiger partial charge in [-0.1, -0.05) is 26.8 Å². The minimum absolute atomic E-state index is 0.0993. The number of carbonyl (C=O) groups excluding carboxylic acids is 1. The number of aromatic nitrogens is 1. The molecule has 0 aliphatic rings. The van der Waals surface area contributed by atoms with Crippen LogP contribution in [-0.4, -0.2) is 28.9 Å². The summed E-state index contributed by atoms with van der Waals surface area (Å²) in [4.78, 5) is 17.4. The SMILES string of the molecule is CCCN(CCC(C)C)Cc1ccc(Oc2ccc(C(N)=O)cn2)c(F)c1. The van der Waals surface area contributed by atoms with Crippen LogP contribution in [0.2, 0.25) is 0 Å². The molecule has 0 radical (unpaired) electrons. The summed E-state index contributed by atoms with van der Waals surface area (Å²) in [6, 6.07) is 7.97. The highest BCUT2D eigenvalue weighted by Crippen LogP contribution is 2.24. The Morgan fingerprint density at radius 1 is 1.26 bits per heavy atom. The lowest BCUT2D eigenvalue weighted by molar-refractivity contribution is 0.1000. The van der Waals surface area contributed by atoms with Crippen LogP contribution in [0.5, 0.6) is 11.6 Å². The molecule has 0 saturated carbocycles. The third-order valence-corrected chi connectivity index (χ3v) is 4.20. The zero-order valence-corrected chi connectivity index (χ0v) is 16.2. The van der Waals surface area contributed by atoms with E-state index in [1.54, 1.807) is 6.07 Å². The minimum Gasteiger partial charge on any atom is -0.436 e. The van der Waals surface area contributed by atoms with Crippen molar-refractivity contribution in [3.05, 3.63) is 53.5 Å². The molecular formula is C21H28FN3O2. The Morgan fingerprint density at radius 3 is 2.59 bits per heavy atom. The molecule has 146 valence electrons. The predicted octanol–water partition coefficient (Wildman–Crippen LogP) is 4.37. The molecule has 2 rings (SSSR count). The Balaban J connectivity index is 2.04. The predicted molar refractivity (Wildman–Crippen MR) is 104 cm³/mol. The molecule has 0 aliphatic heterocycles. The molecule has 27 heavy (non-hydrogen) atoms. The van der Waals surface area contributed by atoms with E-state index < -0.39 is 11.7 Å². The third-order valence-electron chi connectivity index (χ3n) is 4.20. The van der Waals surface area contributed by atoms with Crippen molar-refractivity contribution >= 4 is 5.91 Å². The second-order valence-corrected chi connectivity index (χ2v) is 7.07. The van der Waals surface area contributed by atoms with Crippen molar-refractivity contribution in [3.63, 3.8) is 0 Å². The number of nitrogens with zero attached hydrogens (tertiary/aromatic N) is 2. The number of halogens is 1. The Bertz CT molecular complexity index is 748. The number of amides is 1. The van der Waals surface area contributed by atoms with Crippen LogP contribution in [0.15, 0.2) is 36.5 Å². The average Bonchev–Trinajstić information content (AvgIpc) is 2.62. The summed E-state index contributed by atoms with van der Waals surface area (Å²) in [5.41, 5.74) is 6.36. The number of carbonyl (C=O) groups is 1. The minimum atomic E-state index is -0.571. The molecule has 0 spiro atoms.